The van der Waals surface area contributed by atoms with E-state index >= 15 is 0 Å². The topological polar surface area (TPSA) is 67.4 Å². The maximum absolute atomic E-state index is 11.2. The van der Waals surface area contributed by atoms with Crippen molar-refractivity contribution in [1.82, 2.24) is 10.6 Å². The van der Waals surface area contributed by atoms with Gasteiger partial charge < -0.3 is 15.4 Å². The summed E-state index contributed by atoms with van der Waals surface area (Å²) in [5.74, 6) is -0.285. The van der Waals surface area contributed by atoms with Gasteiger partial charge in [-0.2, -0.15) is 0 Å². The Bertz CT molecular complexity index is 415. The summed E-state index contributed by atoms with van der Waals surface area (Å²) in [6.45, 7) is 3.85. The lowest BCUT2D eigenvalue weighted by atomic mass is 10.1. The van der Waals surface area contributed by atoms with Crippen molar-refractivity contribution < 1.29 is 14.3 Å². The fourth-order valence-corrected chi connectivity index (χ4v) is 1.60. The van der Waals surface area contributed by atoms with Crippen LogP contribution in [0.1, 0.15) is 29.3 Å². The minimum atomic E-state index is -0.337. The molecule has 1 aromatic carbocycles. The second-order valence-corrected chi connectivity index (χ2v) is 4.07. The van der Waals surface area contributed by atoms with Crippen LogP contribution in [0.2, 0.25) is 0 Å². The number of carbonyl (C=O) groups is 2. The fraction of sp³-hybridized carbons (Fsp3) is 0.429. The maximum Gasteiger partial charge on any atom is 0.337 e. The van der Waals surface area contributed by atoms with E-state index in [2.05, 4.69) is 15.4 Å². The summed E-state index contributed by atoms with van der Waals surface area (Å²) >= 11 is 0. The number of amides is 1. The number of benzene rings is 1. The lowest BCUT2D eigenvalue weighted by molar-refractivity contribution is -0.120. The van der Waals surface area contributed by atoms with Crippen molar-refractivity contribution in [2.45, 2.75) is 19.9 Å². The number of rotatable bonds is 7. The Hall–Kier alpha value is -1.88. The number of nitrogens with one attached hydrogen (secondary N) is 2. The van der Waals surface area contributed by atoms with E-state index in [1.807, 2.05) is 19.1 Å². The van der Waals surface area contributed by atoms with Crippen LogP contribution in [0.4, 0.5) is 0 Å². The first-order valence-corrected chi connectivity index (χ1v) is 6.32. The highest BCUT2D eigenvalue weighted by molar-refractivity contribution is 5.89. The van der Waals surface area contributed by atoms with Gasteiger partial charge >= 0.3 is 5.97 Å². The van der Waals surface area contributed by atoms with Crippen molar-refractivity contribution in [3.05, 3.63) is 35.4 Å². The first-order chi connectivity index (χ1) is 9.17. The zero-order chi connectivity index (χ0) is 14.1. The second-order valence-electron chi connectivity index (χ2n) is 4.07. The van der Waals surface area contributed by atoms with Gasteiger partial charge in [0.2, 0.25) is 5.91 Å². The minimum absolute atomic E-state index is 0.0519. The zero-order valence-electron chi connectivity index (χ0n) is 11.4. The number of esters is 1. The van der Waals surface area contributed by atoms with Crippen LogP contribution < -0.4 is 10.6 Å². The quantitative estimate of drug-likeness (QED) is 0.571. The summed E-state index contributed by atoms with van der Waals surface area (Å²) in [7, 11) is 1.36. The van der Waals surface area contributed by atoms with E-state index in [0.29, 0.717) is 31.6 Å². The van der Waals surface area contributed by atoms with Crippen molar-refractivity contribution in [2.75, 3.05) is 20.2 Å². The van der Waals surface area contributed by atoms with Gasteiger partial charge in [-0.3, -0.25) is 4.79 Å². The monoisotopic (exact) mass is 264 g/mol. The van der Waals surface area contributed by atoms with Crippen LogP contribution in [0.3, 0.4) is 0 Å². The molecule has 0 radical (unpaired) electrons. The molecular formula is C14H20N2O3. The minimum Gasteiger partial charge on any atom is -0.465 e. The summed E-state index contributed by atoms with van der Waals surface area (Å²) in [5.41, 5.74) is 1.59. The van der Waals surface area contributed by atoms with E-state index < -0.39 is 0 Å². The molecule has 0 unspecified atom stereocenters. The first kappa shape index (κ1) is 15.2. The van der Waals surface area contributed by atoms with Gasteiger partial charge in [-0.25, -0.2) is 4.79 Å². The maximum atomic E-state index is 11.2. The molecule has 0 aromatic heterocycles. The van der Waals surface area contributed by atoms with Gasteiger partial charge in [0.1, 0.15) is 0 Å². The Labute approximate surface area is 113 Å². The molecule has 5 nitrogen and oxygen atoms in total. The molecule has 1 aromatic rings. The van der Waals surface area contributed by atoms with Crippen molar-refractivity contribution >= 4 is 11.9 Å². The van der Waals surface area contributed by atoms with Crippen LogP contribution >= 0.6 is 0 Å². The Morgan fingerprint density at radius 2 is 1.89 bits per heavy atom. The molecule has 0 aliphatic rings. The Morgan fingerprint density at radius 1 is 1.21 bits per heavy atom. The average Bonchev–Trinajstić information content (AvgIpc) is 2.44. The SMILES string of the molecule is CCNC(=O)CCNCc1ccc(C(=O)OC)cc1. The summed E-state index contributed by atoms with van der Waals surface area (Å²) in [5, 5.41) is 5.92. The van der Waals surface area contributed by atoms with Crippen LogP contribution in [0.15, 0.2) is 24.3 Å². The van der Waals surface area contributed by atoms with Gasteiger partial charge in [0.15, 0.2) is 0 Å². The van der Waals surface area contributed by atoms with E-state index in [1.54, 1.807) is 12.1 Å². The molecule has 0 heterocycles. The van der Waals surface area contributed by atoms with Gasteiger partial charge in [-0.05, 0) is 24.6 Å². The van der Waals surface area contributed by atoms with Crippen molar-refractivity contribution in [2.24, 2.45) is 0 Å². The fourth-order valence-electron chi connectivity index (χ4n) is 1.60. The predicted octanol–water partition coefficient (Wildman–Crippen LogP) is 1.09. The average molecular weight is 264 g/mol. The van der Waals surface area contributed by atoms with E-state index in [-0.39, 0.29) is 11.9 Å². The smallest absolute Gasteiger partial charge is 0.337 e. The van der Waals surface area contributed by atoms with Crippen LogP contribution in [0.25, 0.3) is 0 Å². The molecule has 0 atom stereocenters. The predicted molar refractivity (Wildman–Crippen MR) is 72.8 cm³/mol. The summed E-state index contributed by atoms with van der Waals surface area (Å²) in [6.07, 6.45) is 0.466. The molecule has 0 fully saturated rings. The normalized spacial score (nSPS) is 10.0. The van der Waals surface area contributed by atoms with Crippen molar-refractivity contribution in [3.63, 3.8) is 0 Å². The van der Waals surface area contributed by atoms with Gasteiger partial charge in [0.25, 0.3) is 0 Å². The van der Waals surface area contributed by atoms with E-state index in [0.717, 1.165) is 5.56 Å². The zero-order valence-corrected chi connectivity index (χ0v) is 11.4. The number of carbonyl (C=O) groups excluding carboxylic acids is 2. The van der Waals surface area contributed by atoms with Gasteiger partial charge in [0.05, 0.1) is 12.7 Å². The third kappa shape index (κ3) is 5.52. The van der Waals surface area contributed by atoms with Crippen LogP contribution in [0.5, 0.6) is 0 Å². The third-order valence-corrected chi connectivity index (χ3v) is 2.61. The Balaban J connectivity index is 2.30. The number of hydrogen-bond acceptors (Lipinski definition) is 4. The van der Waals surface area contributed by atoms with E-state index in [1.165, 1.54) is 7.11 Å². The summed E-state index contributed by atoms with van der Waals surface area (Å²) in [6, 6.07) is 7.19. The third-order valence-electron chi connectivity index (χ3n) is 2.61. The second kappa shape index (κ2) is 8.26. The van der Waals surface area contributed by atoms with E-state index in [9.17, 15) is 9.59 Å². The lowest BCUT2D eigenvalue weighted by Gasteiger charge is -2.06. The molecule has 1 rings (SSSR count). The molecule has 0 aliphatic carbocycles. The molecule has 5 heteroatoms. The van der Waals surface area contributed by atoms with Crippen LogP contribution in [-0.4, -0.2) is 32.1 Å². The van der Waals surface area contributed by atoms with Gasteiger partial charge in [-0.1, -0.05) is 12.1 Å². The number of ether oxygens (including phenoxy) is 1. The van der Waals surface area contributed by atoms with Crippen molar-refractivity contribution in [3.8, 4) is 0 Å². The molecule has 2 N–H and O–H groups in total. The van der Waals surface area contributed by atoms with Gasteiger partial charge in [0, 0.05) is 26.1 Å². The van der Waals surface area contributed by atoms with E-state index in [4.69, 9.17) is 0 Å². The molecule has 0 aliphatic heterocycles. The van der Waals surface area contributed by atoms with Crippen molar-refractivity contribution in [1.29, 1.82) is 0 Å². The Kier molecular flexibility index (Phi) is 6.60. The molecule has 1 amide bonds. The highest BCUT2D eigenvalue weighted by atomic mass is 16.5. The molecular weight excluding hydrogens is 244 g/mol. The molecule has 19 heavy (non-hydrogen) atoms. The number of methoxy groups -OCH3 is 1. The molecule has 0 saturated heterocycles. The molecule has 0 saturated carbocycles. The van der Waals surface area contributed by atoms with Crippen LogP contribution in [0, 0.1) is 0 Å². The number of hydrogen-bond donors (Lipinski definition) is 2. The standard InChI is InChI=1S/C14H20N2O3/c1-3-16-13(17)8-9-15-10-11-4-6-12(7-5-11)14(18)19-2/h4-7,15H,3,8-10H2,1-2H3,(H,16,17). The largest absolute Gasteiger partial charge is 0.465 e. The highest BCUT2D eigenvalue weighted by Gasteiger charge is 2.04. The molecule has 0 spiro atoms. The lowest BCUT2D eigenvalue weighted by Crippen LogP contribution is -2.27. The highest BCUT2D eigenvalue weighted by Crippen LogP contribution is 2.05. The summed E-state index contributed by atoms with van der Waals surface area (Å²) in [4.78, 5) is 22.4. The Morgan fingerprint density at radius 3 is 2.47 bits per heavy atom. The summed E-state index contributed by atoms with van der Waals surface area (Å²) < 4.78 is 4.62. The molecule has 104 valence electrons. The molecule has 0 bridgehead atoms. The van der Waals surface area contributed by atoms with Gasteiger partial charge in [-0.15, -0.1) is 0 Å². The first-order valence-electron chi connectivity index (χ1n) is 6.32. The van der Waals surface area contributed by atoms with Crippen LogP contribution in [-0.2, 0) is 16.1 Å².